The Labute approximate surface area is 190 Å². The summed E-state index contributed by atoms with van der Waals surface area (Å²) in [5.41, 5.74) is 1.33. The van der Waals surface area contributed by atoms with Crippen molar-refractivity contribution in [3.8, 4) is 0 Å². The fourth-order valence-electron chi connectivity index (χ4n) is 3.00. The molecule has 2 rings (SSSR count). The first kappa shape index (κ1) is 24.8. The Balaban J connectivity index is 2.42. The lowest BCUT2D eigenvalue weighted by Crippen LogP contribution is -2.50. The van der Waals surface area contributed by atoms with Crippen molar-refractivity contribution in [2.75, 3.05) is 24.2 Å². The van der Waals surface area contributed by atoms with Gasteiger partial charge in [0.15, 0.2) is 0 Å². The van der Waals surface area contributed by atoms with Crippen LogP contribution in [0.1, 0.15) is 18.1 Å². The van der Waals surface area contributed by atoms with Gasteiger partial charge in [-0.05, 0) is 43.7 Å². The second kappa shape index (κ2) is 10.2. The number of halogens is 2. The molecule has 2 aromatic carbocycles. The average molecular weight is 514 g/mol. The number of aryl methyl sites for hydroxylation is 1. The van der Waals surface area contributed by atoms with Gasteiger partial charge in [0.05, 0.1) is 11.9 Å². The van der Waals surface area contributed by atoms with E-state index in [9.17, 15) is 22.4 Å². The highest BCUT2D eigenvalue weighted by molar-refractivity contribution is 9.10. The smallest absolute Gasteiger partial charge is 0.244 e. The number of anilines is 1. The van der Waals surface area contributed by atoms with Crippen molar-refractivity contribution in [1.29, 1.82) is 0 Å². The summed E-state index contributed by atoms with van der Waals surface area (Å²) in [6, 6.07) is 9.89. The van der Waals surface area contributed by atoms with E-state index >= 15 is 0 Å². The molecule has 0 aliphatic rings. The van der Waals surface area contributed by atoms with Gasteiger partial charge in [-0.2, -0.15) is 0 Å². The van der Waals surface area contributed by atoms with Gasteiger partial charge in [0.25, 0.3) is 0 Å². The largest absolute Gasteiger partial charge is 0.357 e. The van der Waals surface area contributed by atoms with Crippen LogP contribution in [0.15, 0.2) is 46.9 Å². The molecule has 0 radical (unpaired) electrons. The van der Waals surface area contributed by atoms with E-state index in [1.165, 1.54) is 37.1 Å². The van der Waals surface area contributed by atoms with Crippen molar-refractivity contribution in [2.24, 2.45) is 0 Å². The number of nitrogens with zero attached hydrogens (tertiary/aromatic N) is 2. The first-order valence-corrected chi connectivity index (χ1v) is 12.1. The molecule has 2 aromatic rings. The lowest BCUT2D eigenvalue weighted by Gasteiger charge is -2.31. The Hall–Kier alpha value is -2.46. The first-order valence-electron chi connectivity index (χ1n) is 9.44. The Morgan fingerprint density at radius 2 is 1.84 bits per heavy atom. The number of sulfonamides is 1. The second-order valence-corrected chi connectivity index (χ2v) is 9.87. The minimum Gasteiger partial charge on any atom is -0.357 e. The van der Waals surface area contributed by atoms with Gasteiger partial charge in [0, 0.05) is 23.6 Å². The first-order chi connectivity index (χ1) is 14.5. The maximum absolute atomic E-state index is 14.2. The Morgan fingerprint density at radius 3 is 2.39 bits per heavy atom. The second-order valence-electron chi connectivity index (χ2n) is 7.11. The molecule has 0 unspecified atom stereocenters. The lowest BCUT2D eigenvalue weighted by molar-refractivity contribution is -0.139. The zero-order valence-electron chi connectivity index (χ0n) is 17.7. The molecule has 168 valence electrons. The predicted molar refractivity (Wildman–Crippen MR) is 122 cm³/mol. The van der Waals surface area contributed by atoms with Gasteiger partial charge < -0.3 is 10.2 Å². The molecule has 0 fully saturated rings. The summed E-state index contributed by atoms with van der Waals surface area (Å²) in [5.74, 6) is -1.60. The van der Waals surface area contributed by atoms with Gasteiger partial charge in [0.2, 0.25) is 21.8 Å². The lowest BCUT2D eigenvalue weighted by atomic mass is 10.1. The number of nitrogens with one attached hydrogen (secondary N) is 1. The molecular formula is C21H25BrFN3O4S. The van der Waals surface area contributed by atoms with Crippen LogP contribution in [0.4, 0.5) is 10.1 Å². The highest BCUT2D eigenvalue weighted by Crippen LogP contribution is 2.25. The van der Waals surface area contributed by atoms with Crippen LogP contribution >= 0.6 is 15.9 Å². The van der Waals surface area contributed by atoms with E-state index in [-0.39, 0.29) is 12.1 Å². The fourth-order valence-corrected chi connectivity index (χ4v) is 4.09. The van der Waals surface area contributed by atoms with E-state index in [1.54, 1.807) is 31.2 Å². The molecule has 0 spiro atoms. The Morgan fingerprint density at radius 1 is 1.19 bits per heavy atom. The zero-order chi connectivity index (χ0) is 23.3. The van der Waals surface area contributed by atoms with Gasteiger partial charge in [-0.1, -0.05) is 34.1 Å². The summed E-state index contributed by atoms with van der Waals surface area (Å²) in [4.78, 5) is 26.6. The van der Waals surface area contributed by atoms with Gasteiger partial charge >= 0.3 is 0 Å². The summed E-state index contributed by atoms with van der Waals surface area (Å²) >= 11 is 3.37. The van der Waals surface area contributed by atoms with E-state index in [2.05, 4.69) is 21.2 Å². The van der Waals surface area contributed by atoms with E-state index in [4.69, 9.17) is 0 Å². The summed E-state index contributed by atoms with van der Waals surface area (Å²) in [5, 5.41) is 2.47. The van der Waals surface area contributed by atoms with E-state index in [1.807, 2.05) is 0 Å². The van der Waals surface area contributed by atoms with Crippen molar-refractivity contribution in [3.63, 3.8) is 0 Å². The molecule has 0 heterocycles. The molecule has 0 saturated carbocycles. The van der Waals surface area contributed by atoms with E-state index in [0.717, 1.165) is 20.6 Å². The number of rotatable bonds is 8. The number of amides is 2. The van der Waals surface area contributed by atoms with Crippen LogP contribution < -0.4 is 9.62 Å². The number of hydrogen-bond acceptors (Lipinski definition) is 4. The van der Waals surface area contributed by atoms with Crippen molar-refractivity contribution in [3.05, 3.63) is 63.9 Å². The van der Waals surface area contributed by atoms with Crippen LogP contribution in [-0.4, -0.2) is 51.0 Å². The molecule has 1 N–H and O–H groups in total. The van der Waals surface area contributed by atoms with Crippen LogP contribution in [0.5, 0.6) is 0 Å². The van der Waals surface area contributed by atoms with E-state index < -0.39 is 40.2 Å². The molecule has 2 amide bonds. The maximum atomic E-state index is 14.2. The third-order valence-electron chi connectivity index (χ3n) is 4.82. The maximum Gasteiger partial charge on any atom is 0.244 e. The molecular weight excluding hydrogens is 489 g/mol. The highest BCUT2D eigenvalue weighted by atomic mass is 79.9. The number of carbonyl (C=O) groups is 2. The monoisotopic (exact) mass is 513 g/mol. The zero-order valence-corrected chi connectivity index (χ0v) is 20.1. The molecule has 31 heavy (non-hydrogen) atoms. The van der Waals surface area contributed by atoms with Crippen LogP contribution in [-0.2, 0) is 26.2 Å². The minimum absolute atomic E-state index is 0.183. The van der Waals surface area contributed by atoms with Crippen LogP contribution in [0.3, 0.4) is 0 Å². The van der Waals surface area contributed by atoms with Gasteiger partial charge in [-0.25, -0.2) is 12.8 Å². The quantitative estimate of drug-likeness (QED) is 0.587. The number of carbonyl (C=O) groups excluding carboxylic acids is 2. The van der Waals surface area contributed by atoms with Crippen LogP contribution in [0, 0.1) is 12.7 Å². The number of hydrogen-bond donors (Lipinski definition) is 1. The molecule has 1 atom stereocenters. The third kappa shape index (κ3) is 6.27. The third-order valence-corrected chi connectivity index (χ3v) is 6.85. The summed E-state index contributed by atoms with van der Waals surface area (Å²) < 4.78 is 40.9. The molecule has 10 heteroatoms. The average Bonchev–Trinajstić information content (AvgIpc) is 2.71. The van der Waals surface area contributed by atoms with Gasteiger partial charge in [0.1, 0.15) is 18.4 Å². The summed E-state index contributed by atoms with van der Waals surface area (Å²) in [6.07, 6.45) is 1.00. The fraction of sp³-hybridized carbons (Fsp3) is 0.333. The number of likely N-dealkylation sites (N-methyl/N-ethyl adjacent to an activating group) is 1. The number of benzene rings is 2. The Kier molecular flexibility index (Phi) is 8.19. The van der Waals surface area contributed by atoms with Gasteiger partial charge in [-0.15, -0.1) is 0 Å². The molecule has 7 nitrogen and oxygen atoms in total. The van der Waals surface area contributed by atoms with E-state index in [0.29, 0.717) is 5.69 Å². The summed E-state index contributed by atoms with van der Waals surface area (Å²) in [7, 11) is -2.38. The van der Waals surface area contributed by atoms with Crippen molar-refractivity contribution < 1.29 is 22.4 Å². The standard InChI is InChI=1S/C21H25BrFN3O4S/c1-14-11-17(9-10-18(14)22)26(31(4,29)30)13-20(27)25(15(2)21(28)24-3)12-16-7-5-6-8-19(16)23/h5-11,15H,12-13H2,1-4H3,(H,24,28)/t15-/m0/s1. The minimum atomic E-state index is -3.81. The molecule has 0 saturated heterocycles. The molecule has 0 aliphatic heterocycles. The highest BCUT2D eigenvalue weighted by Gasteiger charge is 2.30. The van der Waals surface area contributed by atoms with Crippen LogP contribution in [0.2, 0.25) is 0 Å². The molecule has 0 aliphatic carbocycles. The molecule has 0 aromatic heterocycles. The van der Waals surface area contributed by atoms with Crippen molar-refractivity contribution in [2.45, 2.75) is 26.4 Å². The van der Waals surface area contributed by atoms with Gasteiger partial charge in [-0.3, -0.25) is 13.9 Å². The normalized spacial score (nSPS) is 12.2. The Bertz CT molecular complexity index is 1080. The SMILES string of the molecule is CNC(=O)[C@H](C)N(Cc1ccccc1F)C(=O)CN(c1ccc(Br)c(C)c1)S(C)(=O)=O. The predicted octanol–water partition coefficient (Wildman–Crippen LogP) is 2.83. The topological polar surface area (TPSA) is 86.8 Å². The van der Waals surface area contributed by atoms with Crippen molar-refractivity contribution in [1.82, 2.24) is 10.2 Å². The van der Waals surface area contributed by atoms with Crippen molar-refractivity contribution >= 4 is 43.5 Å². The van der Waals surface area contributed by atoms with Crippen LogP contribution in [0.25, 0.3) is 0 Å². The molecule has 0 bridgehead atoms. The summed E-state index contributed by atoms with van der Waals surface area (Å²) in [6.45, 7) is 2.59.